The van der Waals surface area contributed by atoms with Gasteiger partial charge in [0.25, 0.3) is 5.09 Å². The van der Waals surface area contributed by atoms with Gasteiger partial charge < -0.3 is 21.6 Å². The molecule has 0 aliphatic carbocycles. The summed E-state index contributed by atoms with van der Waals surface area (Å²) in [5.74, 6) is 0.0811. The maximum absolute atomic E-state index is 8.36. The lowest BCUT2D eigenvalue weighted by atomic mass is 10.3. The molecule has 1 aromatic rings. The van der Waals surface area contributed by atoms with Crippen LogP contribution in [0.4, 0.5) is 11.4 Å². The van der Waals surface area contributed by atoms with E-state index in [0.29, 0.717) is 0 Å². The third-order valence-corrected chi connectivity index (χ3v) is 1.62. The summed E-state index contributed by atoms with van der Waals surface area (Å²) in [5.41, 5.74) is 12.4. The first-order valence-electron chi connectivity index (χ1n) is 4.53. The third kappa shape index (κ3) is 7.42. The molecule has 8 nitrogen and oxygen atoms in total. The normalized spacial score (nSPS) is 8.59. The lowest BCUT2D eigenvalue weighted by molar-refractivity contribution is -0.742. The summed E-state index contributed by atoms with van der Waals surface area (Å²) >= 11 is 0. The Kier molecular flexibility index (Phi) is 5.86. The van der Waals surface area contributed by atoms with Crippen LogP contribution in [0.15, 0.2) is 29.3 Å². The Hall–Kier alpha value is -2.51. The molecule has 17 heavy (non-hydrogen) atoms. The van der Waals surface area contributed by atoms with E-state index in [1.165, 1.54) is 0 Å². The molecular formula is C9H15N5O3. The quantitative estimate of drug-likeness (QED) is 0.295. The fourth-order valence-corrected chi connectivity index (χ4v) is 0.974. The summed E-state index contributed by atoms with van der Waals surface area (Å²) in [6.45, 7) is 0. The van der Waals surface area contributed by atoms with Gasteiger partial charge in [0.15, 0.2) is 5.96 Å². The fourth-order valence-electron chi connectivity index (χ4n) is 0.974. The summed E-state index contributed by atoms with van der Waals surface area (Å²) < 4.78 is 0. The average Bonchev–Trinajstić information content (AvgIpc) is 2.16. The highest BCUT2D eigenvalue weighted by Gasteiger charge is 1.94. The molecule has 1 rings (SSSR count). The lowest BCUT2D eigenvalue weighted by Gasteiger charge is -2.11. The number of rotatable bonds is 2. The van der Waals surface area contributed by atoms with E-state index in [0.717, 1.165) is 11.4 Å². The molecule has 5 N–H and O–H groups in total. The number of hydrogen-bond acceptors (Lipinski definition) is 4. The summed E-state index contributed by atoms with van der Waals surface area (Å²) in [6, 6.07) is 7.66. The van der Waals surface area contributed by atoms with Crippen LogP contribution in [0.2, 0.25) is 0 Å². The molecule has 0 fully saturated rings. The Morgan fingerprint density at radius 1 is 1.35 bits per heavy atom. The van der Waals surface area contributed by atoms with Crippen molar-refractivity contribution in [3.8, 4) is 0 Å². The second kappa shape index (κ2) is 6.88. The molecule has 0 radical (unpaired) electrons. The summed E-state index contributed by atoms with van der Waals surface area (Å²) in [4.78, 5) is 14.3. The molecule has 0 aliphatic heterocycles. The van der Waals surface area contributed by atoms with Gasteiger partial charge in [-0.15, -0.1) is 10.1 Å². The Morgan fingerprint density at radius 3 is 2.06 bits per heavy atom. The van der Waals surface area contributed by atoms with Gasteiger partial charge in [0.1, 0.15) is 0 Å². The standard InChI is InChI=1S/C9H14N4.HNO3/c1-13(2)8-5-3-7(4-6-8)12-9(10)11;2-1(3)4/h3-6H,1-2H3,(H4,10,11,12);(H,2,3,4). The molecule has 0 amide bonds. The van der Waals surface area contributed by atoms with Crippen LogP contribution in [-0.4, -0.2) is 30.3 Å². The van der Waals surface area contributed by atoms with Crippen molar-refractivity contribution in [3.63, 3.8) is 0 Å². The molecule has 0 heterocycles. The zero-order valence-electron chi connectivity index (χ0n) is 9.57. The monoisotopic (exact) mass is 241 g/mol. The van der Waals surface area contributed by atoms with Crippen LogP contribution < -0.4 is 16.4 Å². The second-order valence-corrected chi connectivity index (χ2v) is 3.19. The van der Waals surface area contributed by atoms with Crippen molar-refractivity contribution < 1.29 is 10.3 Å². The van der Waals surface area contributed by atoms with Crippen molar-refractivity contribution in [3.05, 3.63) is 34.4 Å². The van der Waals surface area contributed by atoms with Gasteiger partial charge in [0.2, 0.25) is 0 Å². The largest absolute Gasteiger partial charge is 0.378 e. The summed E-state index contributed by atoms with van der Waals surface area (Å²) in [5, 5.41) is 13.6. The van der Waals surface area contributed by atoms with Crippen molar-refractivity contribution in [2.45, 2.75) is 0 Å². The Morgan fingerprint density at radius 2 is 1.76 bits per heavy atom. The van der Waals surface area contributed by atoms with Gasteiger partial charge in [-0.1, -0.05) is 0 Å². The number of aliphatic imine (C=N–C) groups is 1. The van der Waals surface area contributed by atoms with E-state index in [9.17, 15) is 0 Å². The number of anilines is 1. The third-order valence-electron chi connectivity index (χ3n) is 1.62. The van der Waals surface area contributed by atoms with Crippen LogP contribution in [0.25, 0.3) is 0 Å². The summed E-state index contributed by atoms with van der Waals surface area (Å²) in [7, 11) is 3.96. The zero-order chi connectivity index (χ0) is 13.4. The predicted octanol–water partition coefficient (Wildman–Crippen LogP) is 0.310. The van der Waals surface area contributed by atoms with Crippen molar-refractivity contribution in [1.29, 1.82) is 0 Å². The molecule has 0 saturated carbocycles. The van der Waals surface area contributed by atoms with Gasteiger partial charge in [0, 0.05) is 19.8 Å². The predicted molar refractivity (Wildman–Crippen MR) is 65.0 cm³/mol. The van der Waals surface area contributed by atoms with Gasteiger partial charge in [-0.2, -0.15) is 0 Å². The number of benzene rings is 1. The van der Waals surface area contributed by atoms with E-state index in [-0.39, 0.29) is 5.96 Å². The topological polar surface area (TPSA) is 131 Å². The van der Waals surface area contributed by atoms with Crippen molar-refractivity contribution in [2.75, 3.05) is 19.0 Å². The molecule has 0 saturated heterocycles. The molecule has 8 heteroatoms. The summed E-state index contributed by atoms with van der Waals surface area (Å²) in [6.07, 6.45) is 0. The van der Waals surface area contributed by atoms with E-state index < -0.39 is 5.09 Å². The maximum Gasteiger partial charge on any atom is 0.291 e. The lowest BCUT2D eigenvalue weighted by Crippen LogP contribution is -2.21. The zero-order valence-corrected chi connectivity index (χ0v) is 9.57. The van der Waals surface area contributed by atoms with Gasteiger partial charge in [-0.3, -0.25) is 0 Å². The van der Waals surface area contributed by atoms with Crippen molar-refractivity contribution >= 4 is 17.3 Å². The first-order valence-corrected chi connectivity index (χ1v) is 4.53. The van der Waals surface area contributed by atoms with Crippen molar-refractivity contribution in [1.82, 2.24) is 0 Å². The first-order chi connectivity index (χ1) is 7.82. The fraction of sp³-hybridized carbons (Fsp3) is 0.222. The van der Waals surface area contributed by atoms with Crippen LogP contribution in [0, 0.1) is 10.1 Å². The highest BCUT2D eigenvalue weighted by atomic mass is 16.9. The van der Waals surface area contributed by atoms with E-state index in [2.05, 4.69) is 4.99 Å². The maximum atomic E-state index is 8.36. The Labute approximate surface area is 98.3 Å². The first kappa shape index (κ1) is 14.5. The Bertz CT molecular complexity index is 380. The minimum Gasteiger partial charge on any atom is -0.378 e. The number of nitrogens with zero attached hydrogens (tertiary/aromatic N) is 3. The van der Waals surface area contributed by atoms with E-state index in [1.54, 1.807) is 0 Å². The minimum atomic E-state index is -1.50. The number of hydrogen-bond donors (Lipinski definition) is 3. The van der Waals surface area contributed by atoms with Crippen molar-refractivity contribution in [2.24, 2.45) is 16.5 Å². The number of nitrogens with two attached hydrogens (primary N) is 2. The van der Waals surface area contributed by atoms with E-state index in [1.807, 2.05) is 43.3 Å². The molecule has 0 aliphatic rings. The number of guanidine groups is 1. The molecule has 0 unspecified atom stereocenters. The van der Waals surface area contributed by atoms with Gasteiger partial charge in [-0.25, -0.2) is 4.99 Å². The SMILES string of the molecule is CN(C)c1ccc(N=C(N)N)cc1.O=[N+]([O-])O. The van der Waals surface area contributed by atoms with Crippen LogP contribution in [0.5, 0.6) is 0 Å². The molecule has 0 bridgehead atoms. The van der Waals surface area contributed by atoms with Crippen LogP contribution in [-0.2, 0) is 0 Å². The molecule has 0 spiro atoms. The van der Waals surface area contributed by atoms with E-state index >= 15 is 0 Å². The molecule has 1 aromatic carbocycles. The highest BCUT2D eigenvalue weighted by molar-refractivity contribution is 5.79. The smallest absolute Gasteiger partial charge is 0.291 e. The molecule has 0 atom stereocenters. The molecule has 94 valence electrons. The molecular weight excluding hydrogens is 226 g/mol. The molecule has 0 aromatic heterocycles. The van der Waals surface area contributed by atoms with E-state index in [4.69, 9.17) is 26.8 Å². The van der Waals surface area contributed by atoms with Crippen LogP contribution in [0.3, 0.4) is 0 Å². The van der Waals surface area contributed by atoms with Gasteiger partial charge in [-0.05, 0) is 24.3 Å². The Balaban J connectivity index is 0.000000557. The average molecular weight is 241 g/mol. The van der Waals surface area contributed by atoms with Gasteiger partial charge in [0.05, 0.1) is 5.69 Å². The minimum absolute atomic E-state index is 0.0811. The highest BCUT2D eigenvalue weighted by Crippen LogP contribution is 2.17. The van der Waals surface area contributed by atoms with Crippen LogP contribution >= 0.6 is 0 Å². The van der Waals surface area contributed by atoms with Crippen LogP contribution in [0.1, 0.15) is 0 Å². The van der Waals surface area contributed by atoms with Gasteiger partial charge >= 0.3 is 0 Å². The second-order valence-electron chi connectivity index (χ2n) is 3.19.